The molecule has 0 aromatic carbocycles. The number of rotatable bonds is 4. The van der Waals surface area contributed by atoms with Crippen molar-refractivity contribution < 1.29 is 4.79 Å². The topological polar surface area (TPSA) is 33.2 Å². The SMILES string of the molecule is CCN(c1ncccc1C(C)=O)C1CCCC1. The van der Waals surface area contributed by atoms with Crippen LogP contribution in [0.2, 0.25) is 0 Å². The zero-order chi connectivity index (χ0) is 12.3. The molecule has 92 valence electrons. The lowest BCUT2D eigenvalue weighted by Crippen LogP contribution is -2.34. The second-order valence-corrected chi connectivity index (χ2v) is 4.66. The normalized spacial score (nSPS) is 16.1. The van der Waals surface area contributed by atoms with Crippen LogP contribution >= 0.6 is 0 Å². The Morgan fingerprint density at radius 3 is 2.76 bits per heavy atom. The second kappa shape index (κ2) is 5.30. The summed E-state index contributed by atoms with van der Waals surface area (Å²) >= 11 is 0. The third kappa shape index (κ3) is 2.48. The molecule has 0 unspecified atom stereocenters. The summed E-state index contributed by atoms with van der Waals surface area (Å²) in [6.07, 6.45) is 6.82. The Morgan fingerprint density at radius 2 is 2.18 bits per heavy atom. The van der Waals surface area contributed by atoms with Gasteiger partial charge in [0.25, 0.3) is 0 Å². The fourth-order valence-corrected chi connectivity index (χ4v) is 2.70. The number of hydrogen-bond acceptors (Lipinski definition) is 3. The molecule has 1 heterocycles. The van der Waals surface area contributed by atoms with Gasteiger partial charge in [0.05, 0.1) is 5.56 Å². The molecule has 1 fully saturated rings. The first-order valence-corrected chi connectivity index (χ1v) is 6.46. The summed E-state index contributed by atoms with van der Waals surface area (Å²) in [4.78, 5) is 18.4. The van der Waals surface area contributed by atoms with Crippen molar-refractivity contribution in [2.45, 2.75) is 45.6 Å². The number of ketones is 1. The van der Waals surface area contributed by atoms with Gasteiger partial charge in [-0.15, -0.1) is 0 Å². The van der Waals surface area contributed by atoms with Crippen molar-refractivity contribution in [1.29, 1.82) is 0 Å². The molecule has 0 bridgehead atoms. The number of carbonyl (C=O) groups excluding carboxylic acids is 1. The Kier molecular flexibility index (Phi) is 3.77. The number of pyridine rings is 1. The molecule has 0 N–H and O–H groups in total. The summed E-state index contributed by atoms with van der Waals surface area (Å²) in [6, 6.07) is 4.28. The Bertz CT molecular complexity index is 397. The largest absolute Gasteiger partial charge is 0.353 e. The van der Waals surface area contributed by atoms with Gasteiger partial charge in [-0.25, -0.2) is 4.98 Å². The summed E-state index contributed by atoms with van der Waals surface area (Å²) in [5, 5.41) is 0. The summed E-state index contributed by atoms with van der Waals surface area (Å²) in [5.41, 5.74) is 0.751. The fourth-order valence-electron chi connectivity index (χ4n) is 2.70. The minimum Gasteiger partial charge on any atom is -0.353 e. The van der Waals surface area contributed by atoms with Crippen molar-refractivity contribution in [2.24, 2.45) is 0 Å². The average molecular weight is 232 g/mol. The van der Waals surface area contributed by atoms with Crippen LogP contribution in [0.3, 0.4) is 0 Å². The van der Waals surface area contributed by atoms with Gasteiger partial charge < -0.3 is 4.90 Å². The molecular weight excluding hydrogens is 212 g/mol. The molecule has 3 heteroatoms. The highest BCUT2D eigenvalue weighted by Crippen LogP contribution is 2.28. The van der Waals surface area contributed by atoms with Gasteiger partial charge in [0.15, 0.2) is 5.78 Å². The van der Waals surface area contributed by atoms with E-state index in [1.807, 2.05) is 12.1 Å². The van der Waals surface area contributed by atoms with Crippen LogP contribution in [0.1, 0.15) is 49.9 Å². The average Bonchev–Trinajstić information content (AvgIpc) is 2.84. The second-order valence-electron chi connectivity index (χ2n) is 4.66. The maximum atomic E-state index is 11.6. The van der Waals surface area contributed by atoms with Crippen LogP contribution in [0.5, 0.6) is 0 Å². The van der Waals surface area contributed by atoms with Crippen LogP contribution in [-0.2, 0) is 0 Å². The first-order valence-electron chi connectivity index (χ1n) is 6.46. The highest BCUT2D eigenvalue weighted by molar-refractivity contribution is 5.98. The lowest BCUT2D eigenvalue weighted by molar-refractivity contribution is 0.101. The quantitative estimate of drug-likeness (QED) is 0.748. The molecule has 17 heavy (non-hydrogen) atoms. The van der Waals surface area contributed by atoms with Crippen LogP contribution < -0.4 is 4.90 Å². The van der Waals surface area contributed by atoms with Crippen molar-refractivity contribution in [3.05, 3.63) is 23.9 Å². The van der Waals surface area contributed by atoms with Crippen molar-refractivity contribution in [2.75, 3.05) is 11.4 Å². The van der Waals surface area contributed by atoms with Gasteiger partial charge >= 0.3 is 0 Å². The predicted molar refractivity (Wildman–Crippen MR) is 69.5 cm³/mol. The van der Waals surface area contributed by atoms with E-state index in [9.17, 15) is 4.79 Å². The minimum atomic E-state index is 0.101. The molecule has 0 radical (unpaired) electrons. The predicted octanol–water partition coefficient (Wildman–Crippen LogP) is 3.05. The number of aromatic nitrogens is 1. The number of nitrogens with zero attached hydrogens (tertiary/aromatic N) is 2. The molecule has 1 saturated carbocycles. The third-order valence-corrected chi connectivity index (χ3v) is 3.54. The molecule has 0 spiro atoms. The highest BCUT2D eigenvalue weighted by Gasteiger charge is 2.24. The van der Waals surface area contributed by atoms with E-state index in [2.05, 4.69) is 16.8 Å². The number of Topliss-reactive ketones (excluding diaryl/α,β-unsaturated/α-hetero) is 1. The Hall–Kier alpha value is -1.38. The van der Waals surface area contributed by atoms with Gasteiger partial charge in [0.2, 0.25) is 0 Å². The molecule has 1 aromatic heterocycles. The zero-order valence-corrected chi connectivity index (χ0v) is 10.6. The molecule has 0 amide bonds. The van der Waals surface area contributed by atoms with Crippen molar-refractivity contribution >= 4 is 11.6 Å². The number of anilines is 1. The molecule has 1 aliphatic rings. The number of hydrogen-bond donors (Lipinski definition) is 0. The smallest absolute Gasteiger partial charge is 0.163 e. The van der Waals surface area contributed by atoms with E-state index in [0.29, 0.717) is 6.04 Å². The summed E-state index contributed by atoms with van der Waals surface area (Å²) < 4.78 is 0. The van der Waals surface area contributed by atoms with Crippen molar-refractivity contribution in [1.82, 2.24) is 4.98 Å². The maximum absolute atomic E-state index is 11.6. The Labute approximate surface area is 103 Å². The van der Waals surface area contributed by atoms with E-state index in [-0.39, 0.29) is 5.78 Å². The zero-order valence-electron chi connectivity index (χ0n) is 10.6. The standard InChI is InChI=1S/C14H20N2O/c1-3-16(12-7-4-5-8-12)14-13(11(2)17)9-6-10-15-14/h6,9-10,12H,3-5,7-8H2,1-2H3. The Morgan fingerprint density at radius 1 is 1.47 bits per heavy atom. The van der Waals surface area contributed by atoms with E-state index in [1.165, 1.54) is 25.7 Å². The minimum absolute atomic E-state index is 0.101. The molecule has 2 rings (SSSR count). The van der Waals surface area contributed by atoms with Gasteiger partial charge in [0.1, 0.15) is 5.82 Å². The molecule has 0 saturated heterocycles. The summed E-state index contributed by atoms with van der Waals surface area (Å²) in [6.45, 7) is 4.67. The van der Waals surface area contributed by atoms with Crippen LogP contribution in [0.4, 0.5) is 5.82 Å². The maximum Gasteiger partial charge on any atom is 0.163 e. The van der Waals surface area contributed by atoms with Gasteiger partial charge in [-0.05, 0) is 38.8 Å². The van der Waals surface area contributed by atoms with Gasteiger partial charge in [-0.2, -0.15) is 0 Å². The Balaban J connectivity index is 2.32. The molecule has 3 nitrogen and oxygen atoms in total. The molecule has 1 aromatic rings. The van der Waals surface area contributed by atoms with Gasteiger partial charge in [-0.1, -0.05) is 12.8 Å². The lowest BCUT2D eigenvalue weighted by atomic mass is 10.1. The van der Waals surface area contributed by atoms with Crippen LogP contribution in [0, 0.1) is 0 Å². The van der Waals surface area contributed by atoms with E-state index < -0.39 is 0 Å². The summed E-state index contributed by atoms with van der Waals surface area (Å²) in [7, 11) is 0. The number of carbonyl (C=O) groups is 1. The molecular formula is C14H20N2O. The van der Waals surface area contributed by atoms with E-state index in [4.69, 9.17) is 0 Å². The van der Waals surface area contributed by atoms with E-state index in [0.717, 1.165) is 17.9 Å². The van der Waals surface area contributed by atoms with Gasteiger partial charge in [-0.3, -0.25) is 4.79 Å². The van der Waals surface area contributed by atoms with Crippen LogP contribution in [0.15, 0.2) is 18.3 Å². The first kappa shape index (κ1) is 12.1. The van der Waals surface area contributed by atoms with Crippen molar-refractivity contribution in [3.63, 3.8) is 0 Å². The first-order chi connectivity index (χ1) is 8.24. The van der Waals surface area contributed by atoms with E-state index >= 15 is 0 Å². The van der Waals surface area contributed by atoms with E-state index in [1.54, 1.807) is 13.1 Å². The molecule has 0 aliphatic heterocycles. The highest BCUT2D eigenvalue weighted by atomic mass is 16.1. The third-order valence-electron chi connectivity index (χ3n) is 3.54. The molecule has 0 atom stereocenters. The summed E-state index contributed by atoms with van der Waals surface area (Å²) in [5.74, 6) is 0.971. The van der Waals surface area contributed by atoms with Crippen LogP contribution in [-0.4, -0.2) is 23.4 Å². The van der Waals surface area contributed by atoms with Gasteiger partial charge in [0, 0.05) is 18.8 Å². The monoisotopic (exact) mass is 232 g/mol. The fraction of sp³-hybridized carbons (Fsp3) is 0.571. The van der Waals surface area contributed by atoms with Crippen LogP contribution in [0.25, 0.3) is 0 Å². The van der Waals surface area contributed by atoms with Crippen molar-refractivity contribution in [3.8, 4) is 0 Å². The molecule has 1 aliphatic carbocycles. The lowest BCUT2D eigenvalue weighted by Gasteiger charge is -2.30.